The summed E-state index contributed by atoms with van der Waals surface area (Å²) in [6, 6.07) is 0. The van der Waals surface area contributed by atoms with E-state index in [1.54, 1.807) is 0 Å². The number of hydrogen-bond donors (Lipinski definition) is 1. The molecule has 1 unspecified atom stereocenters. The topological polar surface area (TPSA) is 20.2 Å². The van der Waals surface area contributed by atoms with Gasteiger partial charge in [0.2, 0.25) is 0 Å². The highest BCUT2D eigenvalue weighted by atomic mass is 16.3. The molecule has 0 fully saturated rings. The fourth-order valence-electron chi connectivity index (χ4n) is 1.52. The molecule has 0 aliphatic heterocycles. The van der Waals surface area contributed by atoms with Gasteiger partial charge in [0.05, 0.1) is 5.60 Å². The first-order valence-corrected chi connectivity index (χ1v) is 4.42. The number of allylic oxidation sites excluding steroid dienone is 1. The van der Waals surface area contributed by atoms with E-state index in [1.165, 1.54) is 12.0 Å². The van der Waals surface area contributed by atoms with Crippen molar-refractivity contribution in [3.63, 3.8) is 0 Å². The molecule has 1 rings (SSSR count). The third kappa shape index (κ3) is 2.33. The molecule has 1 aliphatic carbocycles. The standard InChI is InChI=1S/C10H18O/c1-8-4-6-9(7-5-8)10(2,3)11/h6,8,11H,4-5,7H2,1-3H3. The summed E-state index contributed by atoms with van der Waals surface area (Å²) >= 11 is 0. The molecule has 1 N–H and O–H groups in total. The van der Waals surface area contributed by atoms with Gasteiger partial charge < -0.3 is 5.11 Å². The van der Waals surface area contributed by atoms with E-state index in [4.69, 9.17) is 0 Å². The van der Waals surface area contributed by atoms with Gasteiger partial charge in [0.1, 0.15) is 0 Å². The van der Waals surface area contributed by atoms with Crippen LogP contribution < -0.4 is 0 Å². The van der Waals surface area contributed by atoms with Crippen molar-refractivity contribution in [3.8, 4) is 0 Å². The predicted molar refractivity (Wildman–Crippen MR) is 47.4 cm³/mol. The lowest BCUT2D eigenvalue weighted by molar-refractivity contribution is 0.112. The van der Waals surface area contributed by atoms with E-state index in [2.05, 4.69) is 13.0 Å². The van der Waals surface area contributed by atoms with Crippen molar-refractivity contribution in [2.75, 3.05) is 0 Å². The summed E-state index contributed by atoms with van der Waals surface area (Å²) in [6.07, 6.45) is 5.65. The van der Waals surface area contributed by atoms with Gasteiger partial charge in [-0.2, -0.15) is 0 Å². The average Bonchev–Trinajstić information content (AvgIpc) is 1.86. The summed E-state index contributed by atoms with van der Waals surface area (Å²) in [5.41, 5.74) is 0.635. The number of rotatable bonds is 1. The Bertz CT molecular complexity index is 162. The second-order valence-electron chi connectivity index (χ2n) is 4.17. The summed E-state index contributed by atoms with van der Waals surface area (Å²) in [6.45, 7) is 6.00. The average molecular weight is 154 g/mol. The van der Waals surface area contributed by atoms with Gasteiger partial charge >= 0.3 is 0 Å². The minimum absolute atomic E-state index is 0.583. The zero-order valence-electron chi connectivity index (χ0n) is 7.72. The minimum atomic E-state index is -0.583. The highest BCUT2D eigenvalue weighted by Gasteiger charge is 2.22. The third-order valence-electron chi connectivity index (χ3n) is 2.46. The van der Waals surface area contributed by atoms with Crippen LogP contribution in [0.3, 0.4) is 0 Å². The molecule has 0 aromatic heterocycles. The van der Waals surface area contributed by atoms with Crippen molar-refractivity contribution in [2.24, 2.45) is 5.92 Å². The van der Waals surface area contributed by atoms with Crippen molar-refractivity contribution >= 4 is 0 Å². The highest BCUT2D eigenvalue weighted by Crippen LogP contribution is 2.29. The van der Waals surface area contributed by atoms with Crippen molar-refractivity contribution in [1.82, 2.24) is 0 Å². The molecule has 1 heteroatoms. The second-order valence-corrected chi connectivity index (χ2v) is 4.17. The summed E-state index contributed by atoms with van der Waals surface area (Å²) < 4.78 is 0. The van der Waals surface area contributed by atoms with Crippen molar-refractivity contribution in [2.45, 2.75) is 45.6 Å². The fraction of sp³-hybridized carbons (Fsp3) is 0.800. The monoisotopic (exact) mass is 154 g/mol. The van der Waals surface area contributed by atoms with Crippen LogP contribution in [-0.4, -0.2) is 10.7 Å². The summed E-state index contributed by atoms with van der Waals surface area (Å²) in [5, 5.41) is 9.66. The molecule has 0 radical (unpaired) electrons. The lowest BCUT2D eigenvalue weighted by Crippen LogP contribution is -2.24. The Labute approximate surface area is 69.1 Å². The molecule has 11 heavy (non-hydrogen) atoms. The van der Waals surface area contributed by atoms with Crippen molar-refractivity contribution < 1.29 is 5.11 Å². The first-order chi connectivity index (χ1) is 5.00. The van der Waals surface area contributed by atoms with Gasteiger partial charge in [-0.3, -0.25) is 0 Å². The predicted octanol–water partition coefficient (Wildman–Crippen LogP) is 2.50. The van der Waals surface area contributed by atoms with Crippen LogP contribution in [0.5, 0.6) is 0 Å². The molecule has 0 saturated carbocycles. The molecule has 1 atom stereocenters. The normalized spacial score (nSPS) is 26.5. The Balaban J connectivity index is 2.62. The quantitative estimate of drug-likeness (QED) is 0.575. The van der Waals surface area contributed by atoms with Gasteiger partial charge in [0.15, 0.2) is 0 Å². The third-order valence-corrected chi connectivity index (χ3v) is 2.46. The molecule has 0 heterocycles. The molecule has 64 valence electrons. The van der Waals surface area contributed by atoms with Crippen LogP contribution in [0.2, 0.25) is 0 Å². The lowest BCUT2D eigenvalue weighted by Gasteiger charge is -2.27. The highest BCUT2D eigenvalue weighted by molar-refractivity contribution is 5.15. The maximum absolute atomic E-state index is 9.66. The largest absolute Gasteiger partial charge is 0.386 e. The Kier molecular flexibility index (Phi) is 2.38. The molecule has 0 saturated heterocycles. The maximum Gasteiger partial charge on any atom is 0.0800 e. The Morgan fingerprint density at radius 3 is 2.55 bits per heavy atom. The number of hydrogen-bond acceptors (Lipinski definition) is 1. The first-order valence-electron chi connectivity index (χ1n) is 4.42. The van der Waals surface area contributed by atoms with Crippen LogP contribution >= 0.6 is 0 Å². The van der Waals surface area contributed by atoms with E-state index < -0.39 is 5.60 Å². The Morgan fingerprint density at radius 1 is 1.55 bits per heavy atom. The summed E-state index contributed by atoms with van der Waals surface area (Å²) in [5.74, 6) is 0.807. The van der Waals surface area contributed by atoms with Crippen molar-refractivity contribution in [1.29, 1.82) is 0 Å². The summed E-state index contributed by atoms with van der Waals surface area (Å²) in [7, 11) is 0. The first kappa shape index (κ1) is 8.79. The van der Waals surface area contributed by atoms with Gasteiger partial charge in [-0.15, -0.1) is 0 Å². The van der Waals surface area contributed by atoms with E-state index in [0.29, 0.717) is 0 Å². The van der Waals surface area contributed by atoms with Crippen LogP contribution in [0, 0.1) is 5.92 Å². The smallest absolute Gasteiger partial charge is 0.0800 e. The molecule has 0 spiro atoms. The second kappa shape index (κ2) is 2.98. The molecule has 0 aromatic rings. The molecule has 1 aliphatic rings. The molecule has 0 bridgehead atoms. The van der Waals surface area contributed by atoms with Crippen LogP contribution in [0.25, 0.3) is 0 Å². The van der Waals surface area contributed by atoms with E-state index in [9.17, 15) is 5.11 Å². The minimum Gasteiger partial charge on any atom is -0.386 e. The van der Waals surface area contributed by atoms with Gasteiger partial charge in [-0.1, -0.05) is 13.0 Å². The van der Waals surface area contributed by atoms with Crippen LogP contribution in [0.15, 0.2) is 11.6 Å². The van der Waals surface area contributed by atoms with E-state index >= 15 is 0 Å². The molecule has 1 nitrogen and oxygen atoms in total. The van der Waals surface area contributed by atoms with Crippen molar-refractivity contribution in [3.05, 3.63) is 11.6 Å². The zero-order chi connectivity index (χ0) is 8.48. The van der Waals surface area contributed by atoms with E-state index in [-0.39, 0.29) is 0 Å². The SMILES string of the molecule is CC1CC=C(C(C)(C)O)CC1. The van der Waals surface area contributed by atoms with Gasteiger partial charge in [-0.05, 0) is 44.6 Å². The fourth-order valence-corrected chi connectivity index (χ4v) is 1.52. The molecular weight excluding hydrogens is 136 g/mol. The summed E-state index contributed by atoms with van der Waals surface area (Å²) in [4.78, 5) is 0. The lowest BCUT2D eigenvalue weighted by atomic mass is 9.84. The molecular formula is C10H18O. The maximum atomic E-state index is 9.66. The van der Waals surface area contributed by atoms with Gasteiger partial charge in [0, 0.05) is 0 Å². The molecule has 0 aromatic carbocycles. The van der Waals surface area contributed by atoms with Crippen LogP contribution in [0.4, 0.5) is 0 Å². The van der Waals surface area contributed by atoms with Crippen LogP contribution in [0.1, 0.15) is 40.0 Å². The Hall–Kier alpha value is -0.300. The Morgan fingerprint density at radius 2 is 2.18 bits per heavy atom. The van der Waals surface area contributed by atoms with Gasteiger partial charge in [-0.25, -0.2) is 0 Å². The zero-order valence-corrected chi connectivity index (χ0v) is 7.72. The number of aliphatic hydroxyl groups is 1. The van der Waals surface area contributed by atoms with Gasteiger partial charge in [0.25, 0.3) is 0 Å². The van der Waals surface area contributed by atoms with Crippen LogP contribution in [-0.2, 0) is 0 Å². The molecule has 0 amide bonds. The van der Waals surface area contributed by atoms with E-state index in [1.807, 2.05) is 13.8 Å². The van der Waals surface area contributed by atoms with E-state index in [0.717, 1.165) is 18.8 Å².